The van der Waals surface area contributed by atoms with Gasteiger partial charge in [0, 0.05) is 0 Å². The first-order valence-electron chi connectivity index (χ1n) is 6.13. The molecule has 0 aliphatic carbocycles. The third-order valence-electron chi connectivity index (χ3n) is 2.73. The highest BCUT2D eigenvalue weighted by atomic mass is 16.5. The zero-order valence-electron chi connectivity index (χ0n) is 11.0. The van der Waals surface area contributed by atoms with Gasteiger partial charge in [-0.15, -0.1) is 0 Å². The second kappa shape index (κ2) is 6.50. The van der Waals surface area contributed by atoms with Crippen LogP contribution < -0.4 is 15.2 Å². The molecule has 0 unspecified atom stereocenters. The summed E-state index contributed by atoms with van der Waals surface area (Å²) in [5.41, 5.74) is 5.81. The molecule has 17 heavy (non-hydrogen) atoms. The molecule has 0 atom stereocenters. The number of ether oxygens (including phenoxy) is 2. The Morgan fingerprint density at radius 1 is 1.06 bits per heavy atom. The van der Waals surface area contributed by atoms with Crippen molar-refractivity contribution in [1.82, 2.24) is 0 Å². The molecule has 1 rings (SSSR count). The highest BCUT2D eigenvalue weighted by Gasteiger charge is 2.15. The number of benzene rings is 1. The van der Waals surface area contributed by atoms with Crippen LogP contribution in [0, 0.1) is 5.41 Å². The van der Waals surface area contributed by atoms with Gasteiger partial charge in [0.2, 0.25) is 0 Å². The van der Waals surface area contributed by atoms with E-state index in [9.17, 15) is 0 Å². The zero-order chi connectivity index (χ0) is 12.7. The van der Waals surface area contributed by atoms with Gasteiger partial charge in [0.1, 0.15) is 11.5 Å². The largest absolute Gasteiger partial charge is 0.494 e. The van der Waals surface area contributed by atoms with Gasteiger partial charge in [-0.1, -0.05) is 13.8 Å². The summed E-state index contributed by atoms with van der Waals surface area (Å²) >= 11 is 0. The summed E-state index contributed by atoms with van der Waals surface area (Å²) in [4.78, 5) is 0. The Morgan fingerprint density at radius 2 is 1.59 bits per heavy atom. The second-order valence-corrected chi connectivity index (χ2v) is 4.87. The van der Waals surface area contributed by atoms with E-state index in [1.165, 1.54) is 0 Å². The molecule has 0 fully saturated rings. The summed E-state index contributed by atoms with van der Waals surface area (Å²) in [7, 11) is 0. The predicted molar refractivity (Wildman–Crippen MR) is 70.6 cm³/mol. The van der Waals surface area contributed by atoms with Crippen LogP contribution in [-0.4, -0.2) is 19.8 Å². The van der Waals surface area contributed by atoms with Crippen LogP contribution in [0.25, 0.3) is 0 Å². The molecule has 0 bridgehead atoms. The summed E-state index contributed by atoms with van der Waals surface area (Å²) in [6.45, 7) is 8.32. The van der Waals surface area contributed by atoms with Gasteiger partial charge < -0.3 is 15.2 Å². The molecule has 0 radical (unpaired) electrons. The van der Waals surface area contributed by atoms with Crippen LogP contribution in [0.15, 0.2) is 24.3 Å². The molecule has 0 heterocycles. The molecule has 3 heteroatoms. The Kier molecular flexibility index (Phi) is 5.29. The standard InChI is InChI=1S/C14H23NO2/c1-4-16-12-5-7-13(8-6-12)17-10-9-14(2,3)11-15/h5-8H,4,9-11,15H2,1-3H3. The van der Waals surface area contributed by atoms with E-state index in [2.05, 4.69) is 13.8 Å². The smallest absolute Gasteiger partial charge is 0.119 e. The molecule has 0 saturated carbocycles. The summed E-state index contributed by atoms with van der Waals surface area (Å²) in [5.74, 6) is 1.75. The normalized spacial score (nSPS) is 11.3. The van der Waals surface area contributed by atoms with Gasteiger partial charge in [-0.3, -0.25) is 0 Å². The predicted octanol–water partition coefficient (Wildman–Crippen LogP) is 2.84. The Labute approximate surface area is 104 Å². The van der Waals surface area contributed by atoms with Crippen LogP contribution in [0.2, 0.25) is 0 Å². The SMILES string of the molecule is CCOc1ccc(OCCC(C)(C)CN)cc1. The molecule has 3 nitrogen and oxygen atoms in total. The number of hydrogen-bond acceptors (Lipinski definition) is 3. The van der Waals surface area contributed by atoms with Crippen molar-refractivity contribution >= 4 is 0 Å². The molecule has 1 aromatic carbocycles. The first kappa shape index (κ1) is 13.8. The van der Waals surface area contributed by atoms with Crippen LogP contribution in [0.4, 0.5) is 0 Å². The van der Waals surface area contributed by atoms with Crippen LogP contribution >= 0.6 is 0 Å². The van der Waals surface area contributed by atoms with Crippen LogP contribution in [0.5, 0.6) is 11.5 Å². The molecule has 0 aromatic heterocycles. The minimum absolute atomic E-state index is 0.144. The minimum atomic E-state index is 0.144. The lowest BCUT2D eigenvalue weighted by Crippen LogP contribution is -2.25. The Balaban J connectivity index is 2.37. The van der Waals surface area contributed by atoms with E-state index in [-0.39, 0.29) is 5.41 Å². The van der Waals surface area contributed by atoms with Crippen molar-refractivity contribution in [3.8, 4) is 11.5 Å². The molecule has 2 N–H and O–H groups in total. The molecule has 0 spiro atoms. The molecule has 96 valence electrons. The van der Waals surface area contributed by atoms with Crippen LogP contribution in [0.1, 0.15) is 27.2 Å². The lowest BCUT2D eigenvalue weighted by atomic mass is 9.90. The number of nitrogens with two attached hydrogens (primary N) is 1. The maximum absolute atomic E-state index is 5.67. The summed E-state index contributed by atoms with van der Waals surface area (Å²) in [6.07, 6.45) is 0.955. The molecule has 0 amide bonds. The van der Waals surface area contributed by atoms with Gasteiger partial charge in [-0.25, -0.2) is 0 Å². The van der Waals surface area contributed by atoms with Crippen molar-refractivity contribution in [3.63, 3.8) is 0 Å². The van der Waals surface area contributed by atoms with Crippen molar-refractivity contribution in [2.45, 2.75) is 27.2 Å². The zero-order valence-corrected chi connectivity index (χ0v) is 11.0. The van der Waals surface area contributed by atoms with E-state index in [1.54, 1.807) is 0 Å². The van der Waals surface area contributed by atoms with Crippen molar-refractivity contribution in [2.24, 2.45) is 11.1 Å². The van der Waals surface area contributed by atoms with E-state index in [4.69, 9.17) is 15.2 Å². The summed E-state index contributed by atoms with van der Waals surface area (Å²) in [5, 5.41) is 0. The van der Waals surface area contributed by atoms with Gasteiger partial charge in [0.25, 0.3) is 0 Å². The lowest BCUT2D eigenvalue weighted by molar-refractivity contribution is 0.233. The first-order valence-corrected chi connectivity index (χ1v) is 6.13. The number of rotatable bonds is 7. The Bertz CT molecular complexity index is 319. The van der Waals surface area contributed by atoms with Gasteiger partial charge in [0.15, 0.2) is 0 Å². The monoisotopic (exact) mass is 237 g/mol. The number of hydrogen-bond donors (Lipinski definition) is 1. The molecular weight excluding hydrogens is 214 g/mol. The fourth-order valence-electron chi connectivity index (χ4n) is 1.35. The fraction of sp³-hybridized carbons (Fsp3) is 0.571. The average Bonchev–Trinajstić information content (AvgIpc) is 2.32. The molecule has 1 aromatic rings. The topological polar surface area (TPSA) is 44.5 Å². The molecule has 0 aliphatic heterocycles. The third kappa shape index (κ3) is 5.09. The van der Waals surface area contributed by atoms with E-state index in [1.807, 2.05) is 31.2 Å². The van der Waals surface area contributed by atoms with Crippen molar-refractivity contribution < 1.29 is 9.47 Å². The second-order valence-electron chi connectivity index (χ2n) is 4.87. The highest BCUT2D eigenvalue weighted by Crippen LogP contribution is 2.21. The van der Waals surface area contributed by atoms with Gasteiger partial charge in [-0.05, 0) is 49.6 Å². The van der Waals surface area contributed by atoms with Gasteiger partial charge in [0.05, 0.1) is 13.2 Å². The molecule has 0 saturated heterocycles. The third-order valence-corrected chi connectivity index (χ3v) is 2.73. The van der Waals surface area contributed by atoms with Gasteiger partial charge >= 0.3 is 0 Å². The van der Waals surface area contributed by atoms with E-state index in [0.29, 0.717) is 19.8 Å². The fourth-order valence-corrected chi connectivity index (χ4v) is 1.35. The quantitative estimate of drug-likeness (QED) is 0.793. The average molecular weight is 237 g/mol. The van der Waals surface area contributed by atoms with Crippen LogP contribution in [0.3, 0.4) is 0 Å². The summed E-state index contributed by atoms with van der Waals surface area (Å²) < 4.78 is 11.0. The molecule has 0 aliphatic rings. The van der Waals surface area contributed by atoms with Crippen LogP contribution in [-0.2, 0) is 0 Å². The maximum atomic E-state index is 5.67. The highest BCUT2D eigenvalue weighted by molar-refractivity contribution is 5.31. The van der Waals surface area contributed by atoms with E-state index >= 15 is 0 Å². The van der Waals surface area contributed by atoms with Crippen molar-refractivity contribution in [2.75, 3.05) is 19.8 Å². The summed E-state index contributed by atoms with van der Waals surface area (Å²) in [6, 6.07) is 7.71. The Hall–Kier alpha value is -1.22. The Morgan fingerprint density at radius 3 is 2.06 bits per heavy atom. The van der Waals surface area contributed by atoms with E-state index in [0.717, 1.165) is 17.9 Å². The minimum Gasteiger partial charge on any atom is -0.494 e. The van der Waals surface area contributed by atoms with Crippen molar-refractivity contribution in [1.29, 1.82) is 0 Å². The molecular formula is C14H23NO2. The van der Waals surface area contributed by atoms with Gasteiger partial charge in [-0.2, -0.15) is 0 Å². The first-order chi connectivity index (χ1) is 8.07. The van der Waals surface area contributed by atoms with Crippen molar-refractivity contribution in [3.05, 3.63) is 24.3 Å². The lowest BCUT2D eigenvalue weighted by Gasteiger charge is -2.22. The maximum Gasteiger partial charge on any atom is 0.119 e. The van der Waals surface area contributed by atoms with E-state index < -0.39 is 0 Å².